The number of carbonyl (C=O) groups excluding carboxylic acids is 1. The number of amides is 1. The number of hydrogen-bond donors (Lipinski definition) is 0. The van der Waals surface area contributed by atoms with Crippen LogP contribution in [0.4, 0.5) is 0 Å². The van der Waals surface area contributed by atoms with Crippen LogP contribution in [-0.4, -0.2) is 37.4 Å². The van der Waals surface area contributed by atoms with E-state index in [1.165, 1.54) is 4.68 Å². The Kier molecular flexibility index (Phi) is 6.64. The Balaban J connectivity index is 1.64. The molecule has 7 nitrogen and oxygen atoms in total. The number of rotatable bonds is 7. The van der Waals surface area contributed by atoms with Crippen LogP contribution in [0, 0.1) is 0 Å². The van der Waals surface area contributed by atoms with Crippen LogP contribution in [0.15, 0.2) is 41.1 Å². The molecule has 0 aliphatic rings. The molecule has 3 rings (SSSR count). The van der Waals surface area contributed by atoms with Gasteiger partial charge in [0, 0.05) is 24.8 Å². The number of aryl methyl sites for hydroxylation is 1. The number of nitrogens with zero attached hydrogens (tertiary/aromatic N) is 5. The van der Waals surface area contributed by atoms with Crippen LogP contribution in [0.3, 0.4) is 0 Å². The summed E-state index contributed by atoms with van der Waals surface area (Å²) in [6.07, 6.45) is 3.40. The summed E-state index contributed by atoms with van der Waals surface area (Å²) in [4.78, 5) is 14.3. The van der Waals surface area contributed by atoms with Crippen molar-refractivity contribution in [3.63, 3.8) is 0 Å². The monoisotopic (exact) mass is 485 g/mol. The molecule has 0 N–H and O–H groups in total. The van der Waals surface area contributed by atoms with Gasteiger partial charge in [0.1, 0.15) is 5.75 Å². The summed E-state index contributed by atoms with van der Waals surface area (Å²) in [7, 11) is 1.73. The summed E-state index contributed by atoms with van der Waals surface area (Å²) in [6.45, 7) is 3.26. The van der Waals surface area contributed by atoms with Gasteiger partial charge in [-0.1, -0.05) is 23.2 Å². The third kappa shape index (κ3) is 4.68. The number of ether oxygens (including phenoxy) is 1. The van der Waals surface area contributed by atoms with Gasteiger partial charge in [-0.05, 0) is 47.1 Å². The second-order valence-corrected chi connectivity index (χ2v) is 7.70. The Labute approximate surface area is 180 Å². The molecule has 2 aromatic heterocycles. The van der Waals surface area contributed by atoms with E-state index in [1.54, 1.807) is 48.6 Å². The molecule has 28 heavy (non-hydrogen) atoms. The quantitative estimate of drug-likeness (QED) is 0.494. The first-order chi connectivity index (χ1) is 13.4. The van der Waals surface area contributed by atoms with E-state index >= 15 is 0 Å². The smallest absolute Gasteiger partial charge is 0.274 e. The lowest BCUT2D eigenvalue weighted by Crippen LogP contribution is -2.28. The molecule has 0 saturated heterocycles. The fourth-order valence-corrected chi connectivity index (χ4v) is 3.47. The minimum absolute atomic E-state index is 0.118. The molecule has 0 spiro atoms. The van der Waals surface area contributed by atoms with E-state index in [2.05, 4.69) is 26.1 Å². The average Bonchev–Trinajstić information content (AvgIpc) is 3.27. The molecule has 1 aromatic carbocycles. The van der Waals surface area contributed by atoms with Gasteiger partial charge in [-0.3, -0.25) is 9.48 Å². The summed E-state index contributed by atoms with van der Waals surface area (Å²) in [6, 6.07) is 6.63. The SMILES string of the molecule is CCn1ncc(Br)c1CN(C)C(=O)c1ccn(COc2ccc(Cl)cc2Cl)n1. The van der Waals surface area contributed by atoms with Crippen molar-refractivity contribution in [3.05, 3.63) is 62.6 Å². The molecular weight excluding hydrogens is 469 g/mol. The van der Waals surface area contributed by atoms with Crippen LogP contribution < -0.4 is 4.74 Å². The van der Waals surface area contributed by atoms with Crippen LogP contribution in [0.1, 0.15) is 23.1 Å². The van der Waals surface area contributed by atoms with Crippen molar-refractivity contribution in [2.75, 3.05) is 7.05 Å². The molecule has 0 radical (unpaired) electrons. The summed E-state index contributed by atoms with van der Waals surface area (Å²) < 4.78 is 9.87. The minimum atomic E-state index is -0.195. The number of carbonyl (C=O) groups is 1. The zero-order chi connectivity index (χ0) is 20.3. The van der Waals surface area contributed by atoms with Gasteiger partial charge < -0.3 is 9.64 Å². The van der Waals surface area contributed by atoms with Crippen LogP contribution in [0.2, 0.25) is 10.0 Å². The minimum Gasteiger partial charge on any atom is -0.470 e. The van der Waals surface area contributed by atoms with Crippen molar-refractivity contribution in [1.82, 2.24) is 24.5 Å². The zero-order valence-corrected chi connectivity index (χ0v) is 18.4. The number of halogens is 3. The predicted molar refractivity (Wildman–Crippen MR) is 111 cm³/mol. The lowest BCUT2D eigenvalue weighted by atomic mass is 10.3. The molecule has 0 bridgehead atoms. The molecule has 1 amide bonds. The van der Waals surface area contributed by atoms with Crippen LogP contribution in [0.5, 0.6) is 5.75 Å². The molecular formula is C18H18BrCl2N5O2. The molecule has 0 saturated carbocycles. The van der Waals surface area contributed by atoms with Crippen molar-refractivity contribution in [3.8, 4) is 5.75 Å². The topological polar surface area (TPSA) is 65.2 Å². The van der Waals surface area contributed by atoms with Gasteiger partial charge in [0.05, 0.1) is 27.9 Å². The Morgan fingerprint density at radius 2 is 2.11 bits per heavy atom. The summed E-state index contributed by atoms with van der Waals surface area (Å²) in [5, 5.41) is 9.49. The van der Waals surface area contributed by atoms with Crippen molar-refractivity contribution in [2.24, 2.45) is 0 Å². The molecule has 2 heterocycles. The van der Waals surface area contributed by atoms with Crippen LogP contribution in [0.25, 0.3) is 0 Å². The predicted octanol–water partition coefficient (Wildman–Crippen LogP) is 4.48. The molecule has 3 aromatic rings. The summed E-state index contributed by atoms with van der Waals surface area (Å²) >= 11 is 15.4. The van der Waals surface area contributed by atoms with Gasteiger partial charge in [-0.15, -0.1) is 0 Å². The van der Waals surface area contributed by atoms with E-state index in [1.807, 2.05) is 11.6 Å². The zero-order valence-electron chi connectivity index (χ0n) is 15.3. The normalized spacial score (nSPS) is 10.9. The molecule has 0 fully saturated rings. The first kappa shape index (κ1) is 20.7. The lowest BCUT2D eigenvalue weighted by molar-refractivity contribution is 0.0773. The molecule has 0 atom stereocenters. The van der Waals surface area contributed by atoms with Crippen molar-refractivity contribution < 1.29 is 9.53 Å². The first-order valence-electron chi connectivity index (χ1n) is 8.46. The lowest BCUT2D eigenvalue weighted by Gasteiger charge is -2.17. The summed E-state index contributed by atoms with van der Waals surface area (Å²) in [5.41, 5.74) is 1.26. The van der Waals surface area contributed by atoms with E-state index in [4.69, 9.17) is 27.9 Å². The maximum atomic E-state index is 12.7. The fraction of sp³-hybridized carbons (Fsp3) is 0.278. The Hall–Kier alpha value is -2.03. The molecule has 0 aliphatic carbocycles. The van der Waals surface area contributed by atoms with E-state index in [0.29, 0.717) is 28.0 Å². The molecule has 148 valence electrons. The highest BCUT2D eigenvalue weighted by molar-refractivity contribution is 9.10. The highest BCUT2D eigenvalue weighted by atomic mass is 79.9. The van der Waals surface area contributed by atoms with Gasteiger partial charge >= 0.3 is 0 Å². The van der Waals surface area contributed by atoms with Gasteiger partial charge in [0.25, 0.3) is 5.91 Å². The second kappa shape index (κ2) is 8.98. The number of benzene rings is 1. The first-order valence-corrected chi connectivity index (χ1v) is 10.0. The van der Waals surface area contributed by atoms with Crippen LogP contribution >= 0.6 is 39.1 Å². The third-order valence-electron chi connectivity index (χ3n) is 4.04. The standard InChI is InChI=1S/C18H18BrCl2N5O2/c1-3-26-16(13(19)9-22-26)10-24(2)18(27)15-6-7-25(23-15)11-28-17-5-4-12(20)8-14(17)21/h4-9H,3,10-11H2,1-2H3. The highest BCUT2D eigenvalue weighted by Crippen LogP contribution is 2.27. The number of hydrogen-bond acceptors (Lipinski definition) is 4. The van der Waals surface area contributed by atoms with E-state index in [-0.39, 0.29) is 12.6 Å². The average molecular weight is 487 g/mol. The Morgan fingerprint density at radius 1 is 1.32 bits per heavy atom. The van der Waals surface area contributed by atoms with Crippen LogP contribution in [-0.2, 0) is 19.8 Å². The van der Waals surface area contributed by atoms with Gasteiger partial charge in [0.15, 0.2) is 12.4 Å². The van der Waals surface area contributed by atoms with Gasteiger partial charge in [-0.2, -0.15) is 10.2 Å². The maximum absolute atomic E-state index is 12.7. The highest BCUT2D eigenvalue weighted by Gasteiger charge is 2.18. The summed E-state index contributed by atoms with van der Waals surface area (Å²) in [5.74, 6) is 0.295. The Bertz CT molecular complexity index is 988. The van der Waals surface area contributed by atoms with Gasteiger partial charge in [0.2, 0.25) is 0 Å². The van der Waals surface area contributed by atoms with Crippen molar-refractivity contribution >= 4 is 45.0 Å². The fourth-order valence-electron chi connectivity index (χ4n) is 2.59. The van der Waals surface area contributed by atoms with E-state index < -0.39 is 0 Å². The maximum Gasteiger partial charge on any atom is 0.274 e. The number of aromatic nitrogens is 4. The van der Waals surface area contributed by atoms with E-state index in [0.717, 1.165) is 16.7 Å². The van der Waals surface area contributed by atoms with Crippen molar-refractivity contribution in [1.29, 1.82) is 0 Å². The molecule has 10 heteroatoms. The molecule has 0 aliphatic heterocycles. The second-order valence-electron chi connectivity index (χ2n) is 6.00. The van der Waals surface area contributed by atoms with E-state index in [9.17, 15) is 4.79 Å². The third-order valence-corrected chi connectivity index (χ3v) is 5.23. The Morgan fingerprint density at radius 3 is 2.82 bits per heavy atom. The van der Waals surface area contributed by atoms with Gasteiger partial charge in [-0.25, -0.2) is 4.68 Å². The van der Waals surface area contributed by atoms with Crippen molar-refractivity contribution in [2.45, 2.75) is 26.7 Å². The molecule has 0 unspecified atom stereocenters. The largest absolute Gasteiger partial charge is 0.470 e.